The van der Waals surface area contributed by atoms with Crippen LogP contribution in [-0.2, 0) is 23.7 Å². The quantitative estimate of drug-likeness (QED) is 0.0204. The minimum absolute atomic E-state index is 0.248. The number of hydrogen-bond acceptors (Lipinski definition) is 13. The van der Waals surface area contributed by atoms with Crippen LogP contribution < -0.4 is 5.32 Å². The highest BCUT2D eigenvalue weighted by molar-refractivity contribution is 5.76. The standard InChI is InChI=1S/C71H133NO13/c1-3-5-7-9-11-13-15-17-19-21-23-24-25-26-27-28-29-30-31-32-33-34-35-36-37-38-40-42-44-46-48-50-52-54-60(75)59(72-63(76)55-53-51-49-47-45-43-41-39-22-20-18-16-14-12-10-8-6-4-2)58-82-70-68(81)66(79)69(62(57-74)84-70)85-71-67(80)65(78)64(77)61(56-73)83-71/h37-38,44,46,52,54,59-62,64-71,73-75,77-81H,3-36,39-43,45,47-51,53,55-58H2,1-2H3,(H,72,76)/b38-37+,46-44+,54-52+. The highest BCUT2D eigenvalue weighted by Crippen LogP contribution is 2.30. The molecule has 14 nitrogen and oxygen atoms in total. The molecule has 12 unspecified atom stereocenters. The number of rotatable bonds is 59. The fraction of sp³-hybridized carbons (Fsp3) is 0.901. The number of carbonyl (C=O) groups is 1. The van der Waals surface area contributed by atoms with E-state index in [1.807, 2.05) is 6.08 Å². The first-order valence-electron chi connectivity index (χ1n) is 35.7. The molecule has 2 fully saturated rings. The van der Waals surface area contributed by atoms with Crippen molar-refractivity contribution in [3.05, 3.63) is 36.5 Å². The molecule has 12 atom stereocenters. The first-order chi connectivity index (χ1) is 41.6. The smallest absolute Gasteiger partial charge is 0.220 e. The van der Waals surface area contributed by atoms with Crippen LogP contribution in [0.2, 0.25) is 0 Å². The van der Waals surface area contributed by atoms with E-state index in [1.165, 1.54) is 238 Å². The van der Waals surface area contributed by atoms with Crippen molar-refractivity contribution in [2.45, 2.75) is 389 Å². The number of allylic oxidation sites excluding steroid dienone is 5. The second-order valence-electron chi connectivity index (χ2n) is 25.4. The molecule has 0 aromatic rings. The van der Waals surface area contributed by atoms with Gasteiger partial charge in [0.05, 0.1) is 32.0 Å². The molecule has 2 saturated heterocycles. The zero-order chi connectivity index (χ0) is 61.6. The summed E-state index contributed by atoms with van der Waals surface area (Å²) in [4.78, 5) is 13.3. The minimum Gasteiger partial charge on any atom is -0.394 e. The molecule has 0 bridgehead atoms. The molecule has 0 spiro atoms. The van der Waals surface area contributed by atoms with Crippen LogP contribution in [0, 0.1) is 0 Å². The van der Waals surface area contributed by atoms with Crippen LogP contribution in [0.25, 0.3) is 0 Å². The van der Waals surface area contributed by atoms with Gasteiger partial charge in [-0.1, -0.05) is 301 Å². The summed E-state index contributed by atoms with van der Waals surface area (Å²) in [5.41, 5.74) is 0. The van der Waals surface area contributed by atoms with E-state index in [0.29, 0.717) is 12.8 Å². The van der Waals surface area contributed by atoms with Crippen molar-refractivity contribution in [2.24, 2.45) is 0 Å². The highest BCUT2D eigenvalue weighted by atomic mass is 16.7. The van der Waals surface area contributed by atoms with E-state index in [9.17, 15) is 45.6 Å². The summed E-state index contributed by atoms with van der Waals surface area (Å²) in [6.45, 7) is 2.82. The summed E-state index contributed by atoms with van der Waals surface area (Å²) in [5.74, 6) is -0.248. The van der Waals surface area contributed by atoms with E-state index >= 15 is 0 Å². The number of unbranched alkanes of at least 4 members (excludes halogenated alkanes) is 42. The summed E-state index contributed by atoms with van der Waals surface area (Å²) in [6.07, 6.45) is 55.1. The molecule has 85 heavy (non-hydrogen) atoms. The van der Waals surface area contributed by atoms with Crippen molar-refractivity contribution in [1.29, 1.82) is 0 Å². The van der Waals surface area contributed by atoms with Crippen LogP contribution in [0.4, 0.5) is 0 Å². The van der Waals surface area contributed by atoms with Gasteiger partial charge in [-0.25, -0.2) is 0 Å². The molecule has 0 radical (unpaired) electrons. The highest BCUT2D eigenvalue weighted by Gasteiger charge is 2.51. The fourth-order valence-corrected chi connectivity index (χ4v) is 11.9. The lowest BCUT2D eigenvalue weighted by molar-refractivity contribution is -0.359. The molecule has 2 rings (SSSR count). The Labute approximate surface area is 519 Å². The molecular formula is C71H133NO13. The summed E-state index contributed by atoms with van der Waals surface area (Å²) in [5, 5.41) is 87.3. The molecule has 2 heterocycles. The summed E-state index contributed by atoms with van der Waals surface area (Å²) in [6, 6.07) is -0.937. The first kappa shape index (κ1) is 79.3. The molecule has 500 valence electrons. The maximum Gasteiger partial charge on any atom is 0.220 e. The molecule has 14 heteroatoms. The van der Waals surface area contributed by atoms with E-state index in [0.717, 1.165) is 44.9 Å². The Morgan fingerprint density at radius 1 is 0.412 bits per heavy atom. The average molecular weight is 1210 g/mol. The fourth-order valence-electron chi connectivity index (χ4n) is 11.9. The van der Waals surface area contributed by atoms with Gasteiger partial charge >= 0.3 is 0 Å². The number of hydrogen-bond donors (Lipinski definition) is 9. The number of aliphatic hydroxyl groups is 8. The SMILES string of the molecule is CCCCCCCCCCCCCCCCCCCCCCCCC/C=C/CC/C=C/CC/C=C/C(O)C(COC1OC(CO)C(OC2OC(CO)C(O)C(O)C2O)C(O)C1O)NC(=O)CCCCCCCCCCCCCCCCCCCC. The van der Waals surface area contributed by atoms with Crippen LogP contribution in [0.15, 0.2) is 36.5 Å². The Bertz CT molecular complexity index is 1560. The van der Waals surface area contributed by atoms with Crippen molar-refractivity contribution < 1.29 is 64.6 Å². The van der Waals surface area contributed by atoms with Crippen molar-refractivity contribution >= 4 is 5.91 Å². The maximum absolute atomic E-state index is 13.3. The average Bonchev–Trinajstić information content (AvgIpc) is 3.69. The largest absolute Gasteiger partial charge is 0.394 e. The normalized spacial score (nSPS) is 23.7. The van der Waals surface area contributed by atoms with E-state index in [-0.39, 0.29) is 18.9 Å². The monoisotopic (exact) mass is 1210 g/mol. The van der Waals surface area contributed by atoms with Gasteiger partial charge in [0.15, 0.2) is 12.6 Å². The van der Waals surface area contributed by atoms with Crippen molar-refractivity contribution in [2.75, 3.05) is 19.8 Å². The second kappa shape index (κ2) is 56.2. The van der Waals surface area contributed by atoms with Gasteiger partial charge in [-0.05, 0) is 44.9 Å². The predicted octanol–water partition coefficient (Wildman–Crippen LogP) is 14.5. The summed E-state index contributed by atoms with van der Waals surface area (Å²) in [7, 11) is 0. The van der Waals surface area contributed by atoms with Crippen molar-refractivity contribution in [1.82, 2.24) is 5.32 Å². The molecule has 9 N–H and O–H groups in total. The molecule has 1 amide bonds. The molecule has 0 aliphatic carbocycles. The predicted molar refractivity (Wildman–Crippen MR) is 346 cm³/mol. The van der Waals surface area contributed by atoms with Crippen molar-refractivity contribution in [3.63, 3.8) is 0 Å². The third-order valence-corrected chi connectivity index (χ3v) is 17.6. The number of nitrogens with one attached hydrogen (secondary N) is 1. The number of amides is 1. The van der Waals surface area contributed by atoms with E-state index in [4.69, 9.17) is 18.9 Å². The third kappa shape index (κ3) is 40.5. The zero-order valence-electron chi connectivity index (χ0n) is 54.4. The van der Waals surface area contributed by atoms with Gasteiger partial charge in [0.25, 0.3) is 0 Å². The zero-order valence-corrected chi connectivity index (χ0v) is 54.4. The topological polar surface area (TPSA) is 228 Å². The van der Waals surface area contributed by atoms with Gasteiger partial charge in [0.1, 0.15) is 48.8 Å². The Hall–Kier alpha value is -1.79. The van der Waals surface area contributed by atoms with Gasteiger partial charge in [-0.2, -0.15) is 0 Å². The minimum atomic E-state index is -1.79. The van der Waals surface area contributed by atoms with E-state index < -0.39 is 86.8 Å². The van der Waals surface area contributed by atoms with E-state index in [2.05, 4.69) is 43.5 Å². The van der Waals surface area contributed by atoms with Gasteiger partial charge in [0.2, 0.25) is 5.91 Å². The third-order valence-electron chi connectivity index (χ3n) is 17.6. The van der Waals surface area contributed by atoms with E-state index in [1.54, 1.807) is 6.08 Å². The Balaban J connectivity index is 1.67. The number of aliphatic hydroxyl groups excluding tert-OH is 8. The molecular weight excluding hydrogens is 1070 g/mol. The molecule has 0 aromatic carbocycles. The lowest BCUT2D eigenvalue weighted by atomic mass is 9.97. The maximum atomic E-state index is 13.3. The second-order valence-corrected chi connectivity index (χ2v) is 25.4. The molecule has 2 aliphatic rings. The van der Waals surface area contributed by atoms with Crippen LogP contribution in [0.3, 0.4) is 0 Å². The van der Waals surface area contributed by atoms with Gasteiger partial charge in [-0.15, -0.1) is 0 Å². The Morgan fingerprint density at radius 2 is 0.753 bits per heavy atom. The number of carbonyl (C=O) groups excluding carboxylic acids is 1. The Kier molecular flexibility index (Phi) is 52.4. The van der Waals surface area contributed by atoms with Crippen LogP contribution in [0.5, 0.6) is 0 Å². The summed E-state index contributed by atoms with van der Waals surface area (Å²) >= 11 is 0. The molecule has 0 saturated carbocycles. The summed E-state index contributed by atoms with van der Waals surface area (Å²) < 4.78 is 22.8. The van der Waals surface area contributed by atoms with Gasteiger partial charge < -0.3 is 65.1 Å². The van der Waals surface area contributed by atoms with Gasteiger partial charge in [-0.3, -0.25) is 4.79 Å². The molecule has 2 aliphatic heterocycles. The molecule has 0 aromatic heterocycles. The Morgan fingerprint density at radius 3 is 1.15 bits per heavy atom. The van der Waals surface area contributed by atoms with Gasteiger partial charge in [0, 0.05) is 6.42 Å². The van der Waals surface area contributed by atoms with Crippen LogP contribution >= 0.6 is 0 Å². The van der Waals surface area contributed by atoms with Crippen molar-refractivity contribution in [3.8, 4) is 0 Å². The van der Waals surface area contributed by atoms with Crippen LogP contribution in [-0.4, -0.2) is 140 Å². The van der Waals surface area contributed by atoms with Crippen LogP contribution in [0.1, 0.15) is 316 Å². The number of ether oxygens (including phenoxy) is 4. The lowest BCUT2D eigenvalue weighted by Crippen LogP contribution is -2.65. The first-order valence-corrected chi connectivity index (χ1v) is 35.7. The lowest BCUT2D eigenvalue weighted by Gasteiger charge is -2.46.